The molecular formula is C26H27FN2O3. The average Bonchev–Trinajstić information content (AvgIpc) is 2.81. The number of carbonyl (C=O) groups is 2. The summed E-state index contributed by atoms with van der Waals surface area (Å²) in [6.45, 7) is 1.92. The molecule has 0 unspecified atom stereocenters. The molecule has 3 rings (SSSR count). The quantitative estimate of drug-likeness (QED) is 0.551. The lowest BCUT2D eigenvalue weighted by molar-refractivity contribution is -0.139. The third-order valence-corrected chi connectivity index (χ3v) is 5.27. The van der Waals surface area contributed by atoms with E-state index in [1.54, 1.807) is 19.2 Å². The van der Waals surface area contributed by atoms with Crippen LogP contribution in [0.1, 0.15) is 23.6 Å². The second-order valence-electron chi connectivity index (χ2n) is 7.51. The van der Waals surface area contributed by atoms with Crippen LogP contribution in [0.15, 0.2) is 78.9 Å². The summed E-state index contributed by atoms with van der Waals surface area (Å²) < 4.78 is 18.7. The van der Waals surface area contributed by atoms with Gasteiger partial charge < -0.3 is 15.0 Å². The standard InChI is InChI=1S/C26H27FN2O3/c1-19(30)29(18-21-12-14-23(27)15-13-21)24(16-20-8-4-3-5-9-20)26(31)28-17-22-10-6-7-11-25(22)32-2/h3-15,24H,16-18H2,1-2H3,(H,28,31)/t24-/m1/s1. The number of ether oxygens (including phenoxy) is 1. The van der Waals surface area contributed by atoms with Crippen molar-refractivity contribution in [3.05, 3.63) is 101 Å². The summed E-state index contributed by atoms with van der Waals surface area (Å²) in [4.78, 5) is 27.4. The van der Waals surface area contributed by atoms with Crippen LogP contribution in [0.3, 0.4) is 0 Å². The molecule has 0 aliphatic heterocycles. The van der Waals surface area contributed by atoms with E-state index in [0.717, 1.165) is 16.7 Å². The number of amides is 2. The molecule has 0 aromatic heterocycles. The van der Waals surface area contributed by atoms with Gasteiger partial charge in [0.2, 0.25) is 11.8 Å². The zero-order valence-corrected chi connectivity index (χ0v) is 18.3. The molecule has 0 radical (unpaired) electrons. The van der Waals surface area contributed by atoms with Crippen LogP contribution in [0.2, 0.25) is 0 Å². The number of rotatable bonds is 9. The molecule has 0 saturated carbocycles. The SMILES string of the molecule is COc1ccccc1CNC(=O)[C@@H](Cc1ccccc1)N(Cc1ccc(F)cc1)C(C)=O. The third kappa shape index (κ3) is 6.17. The Labute approximate surface area is 187 Å². The lowest BCUT2D eigenvalue weighted by Crippen LogP contribution is -2.49. The minimum Gasteiger partial charge on any atom is -0.496 e. The number of para-hydroxylation sites is 1. The molecule has 0 fully saturated rings. The van der Waals surface area contributed by atoms with Gasteiger partial charge in [-0.15, -0.1) is 0 Å². The molecule has 3 aromatic carbocycles. The molecule has 0 aliphatic carbocycles. The largest absolute Gasteiger partial charge is 0.496 e. The molecule has 6 heteroatoms. The summed E-state index contributed by atoms with van der Waals surface area (Å²) in [7, 11) is 1.58. The van der Waals surface area contributed by atoms with Crippen LogP contribution < -0.4 is 10.1 Å². The number of hydrogen-bond donors (Lipinski definition) is 1. The highest BCUT2D eigenvalue weighted by molar-refractivity contribution is 5.87. The van der Waals surface area contributed by atoms with Gasteiger partial charge in [0, 0.05) is 32.0 Å². The smallest absolute Gasteiger partial charge is 0.243 e. The molecule has 1 atom stereocenters. The topological polar surface area (TPSA) is 58.6 Å². The van der Waals surface area contributed by atoms with Crippen LogP contribution in [0.25, 0.3) is 0 Å². The molecule has 5 nitrogen and oxygen atoms in total. The van der Waals surface area contributed by atoms with Gasteiger partial charge in [-0.25, -0.2) is 4.39 Å². The van der Waals surface area contributed by atoms with Crippen molar-refractivity contribution in [2.45, 2.75) is 32.5 Å². The minimum absolute atomic E-state index is 0.204. The molecule has 0 saturated heterocycles. The summed E-state index contributed by atoms with van der Waals surface area (Å²) >= 11 is 0. The van der Waals surface area contributed by atoms with Crippen molar-refractivity contribution >= 4 is 11.8 Å². The first-order chi connectivity index (χ1) is 15.5. The second-order valence-corrected chi connectivity index (χ2v) is 7.51. The van der Waals surface area contributed by atoms with Gasteiger partial charge in [-0.1, -0.05) is 60.7 Å². The van der Waals surface area contributed by atoms with Crippen molar-refractivity contribution < 1.29 is 18.7 Å². The Balaban J connectivity index is 1.84. The lowest BCUT2D eigenvalue weighted by atomic mass is 10.0. The molecule has 0 spiro atoms. The Hall–Kier alpha value is -3.67. The Bertz CT molecular complexity index is 1040. The predicted molar refractivity (Wildman–Crippen MR) is 121 cm³/mol. The van der Waals surface area contributed by atoms with E-state index in [9.17, 15) is 14.0 Å². The first-order valence-corrected chi connectivity index (χ1v) is 10.4. The molecular weight excluding hydrogens is 407 g/mol. The summed E-state index contributed by atoms with van der Waals surface area (Å²) in [5, 5.41) is 2.95. The van der Waals surface area contributed by atoms with E-state index in [4.69, 9.17) is 4.74 Å². The van der Waals surface area contributed by atoms with E-state index in [1.165, 1.54) is 24.0 Å². The van der Waals surface area contributed by atoms with E-state index in [2.05, 4.69) is 5.32 Å². The van der Waals surface area contributed by atoms with Crippen molar-refractivity contribution in [1.29, 1.82) is 0 Å². The maximum absolute atomic E-state index is 13.3. The fraction of sp³-hybridized carbons (Fsp3) is 0.231. The van der Waals surface area contributed by atoms with Crippen LogP contribution in [-0.4, -0.2) is 29.9 Å². The highest BCUT2D eigenvalue weighted by Crippen LogP contribution is 2.18. The monoisotopic (exact) mass is 434 g/mol. The van der Waals surface area contributed by atoms with E-state index >= 15 is 0 Å². The van der Waals surface area contributed by atoms with Gasteiger partial charge in [-0.2, -0.15) is 0 Å². The Morgan fingerprint density at radius 3 is 2.25 bits per heavy atom. The number of benzene rings is 3. The van der Waals surface area contributed by atoms with Gasteiger partial charge in [0.25, 0.3) is 0 Å². The van der Waals surface area contributed by atoms with Gasteiger partial charge in [-0.05, 0) is 29.3 Å². The van der Waals surface area contributed by atoms with Crippen molar-refractivity contribution in [1.82, 2.24) is 10.2 Å². The Morgan fingerprint density at radius 2 is 1.59 bits per heavy atom. The molecule has 32 heavy (non-hydrogen) atoms. The fourth-order valence-corrected chi connectivity index (χ4v) is 3.56. The number of nitrogens with zero attached hydrogens (tertiary/aromatic N) is 1. The zero-order valence-electron chi connectivity index (χ0n) is 18.3. The normalized spacial score (nSPS) is 11.5. The van der Waals surface area contributed by atoms with E-state index in [-0.39, 0.29) is 30.7 Å². The highest BCUT2D eigenvalue weighted by atomic mass is 19.1. The third-order valence-electron chi connectivity index (χ3n) is 5.27. The molecule has 1 N–H and O–H groups in total. The summed E-state index contributed by atoms with van der Waals surface area (Å²) in [5.41, 5.74) is 2.53. The van der Waals surface area contributed by atoms with Crippen LogP contribution in [0, 0.1) is 5.82 Å². The predicted octanol–water partition coefficient (Wildman–Crippen LogP) is 4.11. The first-order valence-electron chi connectivity index (χ1n) is 10.4. The van der Waals surface area contributed by atoms with E-state index < -0.39 is 6.04 Å². The average molecular weight is 435 g/mol. The van der Waals surface area contributed by atoms with Gasteiger partial charge in [-0.3, -0.25) is 9.59 Å². The number of carbonyl (C=O) groups excluding carboxylic acids is 2. The zero-order chi connectivity index (χ0) is 22.9. The molecule has 0 heterocycles. The summed E-state index contributed by atoms with van der Waals surface area (Å²) in [5.74, 6) is -0.166. The molecule has 3 aromatic rings. The fourth-order valence-electron chi connectivity index (χ4n) is 3.56. The second kappa shape index (κ2) is 11.1. The molecule has 2 amide bonds. The van der Waals surface area contributed by atoms with E-state index in [1.807, 2.05) is 54.6 Å². The lowest BCUT2D eigenvalue weighted by Gasteiger charge is -2.30. The minimum atomic E-state index is -0.727. The summed E-state index contributed by atoms with van der Waals surface area (Å²) in [6, 6.07) is 22.2. The van der Waals surface area contributed by atoms with Gasteiger partial charge >= 0.3 is 0 Å². The van der Waals surface area contributed by atoms with Crippen molar-refractivity contribution in [2.75, 3.05) is 7.11 Å². The van der Waals surface area contributed by atoms with Gasteiger partial charge in [0.05, 0.1) is 7.11 Å². The Morgan fingerprint density at radius 1 is 0.938 bits per heavy atom. The maximum Gasteiger partial charge on any atom is 0.243 e. The van der Waals surface area contributed by atoms with Crippen molar-refractivity contribution in [2.24, 2.45) is 0 Å². The van der Waals surface area contributed by atoms with E-state index in [0.29, 0.717) is 12.2 Å². The molecule has 0 bridgehead atoms. The highest BCUT2D eigenvalue weighted by Gasteiger charge is 2.28. The van der Waals surface area contributed by atoms with Gasteiger partial charge in [0.15, 0.2) is 0 Å². The van der Waals surface area contributed by atoms with Crippen LogP contribution in [0.4, 0.5) is 4.39 Å². The van der Waals surface area contributed by atoms with Gasteiger partial charge in [0.1, 0.15) is 17.6 Å². The molecule has 0 aliphatic rings. The summed E-state index contributed by atoms with van der Waals surface area (Å²) in [6.07, 6.45) is 0.360. The number of methoxy groups -OCH3 is 1. The number of nitrogens with one attached hydrogen (secondary N) is 1. The molecule has 166 valence electrons. The Kier molecular flexibility index (Phi) is 7.97. The number of halogens is 1. The first kappa shape index (κ1) is 23.0. The van der Waals surface area contributed by atoms with Crippen LogP contribution in [0.5, 0.6) is 5.75 Å². The van der Waals surface area contributed by atoms with Crippen LogP contribution in [-0.2, 0) is 29.1 Å². The number of hydrogen-bond acceptors (Lipinski definition) is 3. The maximum atomic E-state index is 13.3. The van der Waals surface area contributed by atoms with Crippen LogP contribution >= 0.6 is 0 Å². The van der Waals surface area contributed by atoms with Crippen molar-refractivity contribution in [3.63, 3.8) is 0 Å². The van der Waals surface area contributed by atoms with Crippen molar-refractivity contribution in [3.8, 4) is 5.75 Å².